The maximum absolute atomic E-state index is 12.0. The van der Waals surface area contributed by atoms with Crippen LogP contribution in [0.15, 0.2) is 12.2 Å². The standard InChI is InChI=1S/C13H16N2O6/c16-8(14-5-9(17)18)4-15-12(19)10-6-1-2-7(3-6)11(10)13(20)21/h1-2,6-7,10-11H,3-5H2,(H,14,16)(H,15,19)(H,17,18)(H,20,21)/p-2/t6-,7-,10-,11+/m1/s1. The fraction of sp³-hybridized carbons (Fsp3) is 0.538. The van der Waals surface area contributed by atoms with Gasteiger partial charge in [-0.25, -0.2) is 0 Å². The molecular formula is C13H14N2O6-2. The molecule has 2 aliphatic carbocycles. The number of fused-ring (bicyclic) bond motifs is 2. The van der Waals surface area contributed by atoms with Crippen LogP contribution in [0.2, 0.25) is 0 Å². The number of carboxylic acids is 2. The monoisotopic (exact) mass is 294 g/mol. The number of rotatable bonds is 6. The van der Waals surface area contributed by atoms with Gasteiger partial charge in [-0.2, -0.15) is 0 Å². The van der Waals surface area contributed by atoms with Crippen LogP contribution < -0.4 is 20.8 Å². The Bertz CT molecular complexity index is 515. The summed E-state index contributed by atoms with van der Waals surface area (Å²) in [7, 11) is 0. The topological polar surface area (TPSA) is 138 Å². The molecule has 4 atom stereocenters. The minimum atomic E-state index is -1.44. The highest BCUT2D eigenvalue weighted by Gasteiger charge is 2.48. The molecule has 0 aliphatic heterocycles. The lowest BCUT2D eigenvalue weighted by molar-refractivity contribution is -0.313. The van der Waals surface area contributed by atoms with Crippen molar-refractivity contribution >= 4 is 23.8 Å². The SMILES string of the molecule is O=C([O-])CNC(=O)CNC(=O)[C@H]1[C@@H](C(=O)[O-])[C@@H]2C=C[C@@H]1C2. The molecule has 21 heavy (non-hydrogen) atoms. The zero-order valence-electron chi connectivity index (χ0n) is 11.0. The highest BCUT2D eigenvalue weighted by Crippen LogP contribution is 2.47. The maximum atomic E-state index is 12.0. The van der Waals surface area contributed by atoms with E-state index in [2.05, 4.69) is 5.32 Å². The molecule has 0 saturated heterocycles. The second kappa shape index (κ2) is 5.94. The second-order valence-corrected chi connectivity index (χ2v) is 5.19. The van der Waals surface area contributed by atoms with Gasteiger partial charge < -0.3 is 30.4 Å². The predicted molar refractivity (Wildman–Crippen MR) is 63.8 cm³/mol. The quantitative estimate of drug-likeness (QED) is 0.481. The van der Waals surface area contributed by atoms with Crippen molar-refractivity contribution in [3.8, 4) is 0 Å². The lowest BCUT2D eigenvalue weighted by Gasteiger charge is -2.27. The van der Waals surface area contributed by atoms with E-state index >= 15 is 0 Å². The normalized spacial score (nSPS) is 29.1. The van der Waals surface area contributed by atoms with Crippen LogP contribution in [0.1, 0.15) is 6.42 Å². The van der Waals surface area contributed by atoms with E-state index in [9.17, 15) is 29.4 Å². The van der Waals surface area contributed by atoms with Crippen molar-refractivity contribution in [1.29, 1.82) is 0 Å². The van der Waals surface area contributed by atoms with E-state index in [1.54, 1.807) is 6.08 Å². The van der Waals surface area contributed by atoms with E-state index in [1.165, 1.54) is 0 Å². The van der Waals surface area contributed by atoms with Crippen LogP contribution in [0, 0.1) is 23.7 Å². The van der Waals surface area contributed by atoms with E-state index in [1.807, 2.05) is 11.4 Å². The van der Waals surface area contributed by atoms with E-state index in [0.717, 1.165) is 0 Å². The molecule has 2 rings (SSSR count). The zero-order valence-corrected chi connectivity index (χ0v) is 11.0. The highest BCUT2D eigenvalue weighted by atomic mass is 16.4. The number of carboxylic acid groups (broad SMARTS) is 2. The Morgan fingerprint density at radius 3 is 2.14 bits per heavy atom. The molecule has 0 spiro atoms. The van der Waals surface area contributed by atoms with E-state index in [0.29, 0.717) is 6.42 Å². The van der Waals surface area contributed by atoms with Crippen molar-refractivity contribution in [2.45, 2.75) is 6.42 Å². The molecule has 1 fully saturated rings. The average molecular weight is 294 g/mol. The van der Waals surface area contributed by atoms with Crippen LogP contribution in [0.3, 0.4) is 0 Å². The number of amides is 2. The third-order valence-corrected chi connectivity index (χ3v) is 3.89. The first-order chi connectivity index (χ1) is 9.90. The molecule has 8 nitrogen and oxygen atoms in total. The number of allylic oxidation sites excluding steroid dienone is 2. The second-order valence-electron chi connectivity index (χ2n) is 5.19. The van der Waals surface area contributed by atoms with Gasteiger partial charge in [0.15, 0.2) is 0 Å². The van der Waals surface area contributed by atoms with Crippen LogP contribution in [0.25, 0.3) is 0 Å². The van der Waals surface area contributed by atoms with Crippen molar-refractivity contribution in [3.05, 3.63) is 12.2 Å². The molecule has 2 amide bonds. The van der Waals surface area contributed by atoms with Gasteiger partial charge in [-0.3, -0.25) is 9.59 Å². The van der Waals surface area contributed by atoms with Crippen LogP contribution in [-0.2, 0) is 19.2 Å². The molecule has 2 bridgehead atoms. The van der Waals surface area contributed by atoms with Crippen LogP contribution >= 0.6 is 0 Å². The summed E-state index contributed by atoms with van der Waals surface area (Å²) in [6, 6.07) is 0. The Balaban J connectivity index is 1.88. The number of hydrogen-bond donors (Lipinski definition) is 2. The summed E-state index contributed by atoms with van der Waals surface area (Å²) < 4.78 is 0. The average Bonchev–Trinajstić information content (AvgIpc) is 3.02. The molecule has 0 heterocycles. The first-order valence-corrected chi connectivity index (χ1v) is 6.53. The smallest absolute Gasteiger partial charge is 0.239 e. The number of hydrogen-bond acceptors (Lipinski definition) is 6. The first kappa shape index (κ1) is 15.0. The fourth-order valence-corrected chi connectivity index (χ4v) is 3.02. The van der Waals surface area contributed by atoms with Crippen LogP contribution in [0.5, 0.6) is 0 Å². The van der Waals surface area contributed by atoms with Crippen molar-refractivity contribution in [2.75, 3.05) is 13.1 Å². The molecule has 1 saturated carbocycles. The molecule has 0 aromatic heterocycles. The van der Waals surface area contributed by atoms with Crippen LogP contribution in [0.4, 0.5) is 0 Å². The lowest BCUT2D eigenvalue weighted by atomic mass is 9.82. The summed E-state index contributed by atoms with van der Waals surface area (Å²) in [5.41, 5.74) is 0. The summed E-state index contributed by atoms with van der Waals surface area (Å²) >= 11 is 0. The Kier molecular flexibility index (Phi) is 4.25. The number of aliphatic carboxylic acids is 2. The van der Waals surface area contributed by atoms with E-state index in [4.69, 9.17) is 0 Å². The Morgan fingerprint density at radius 1 is 0.952 bits per heavy atom. The van der Waals surface area contributed by atoms with Crippen molar-refractivity contribution in [2.24, 2.45) is 23.7 Å². The van der Waals surface area contributed by atoms with Gasteiger partial charge in [0.25, 0.3) is 0 Å². The van der Waals surface area contributed by atoms with Crippen molar-refractivity contribution in [1.82, 2.24) is 10.6 Å². The third kappa shape index (κ3) is 3.21. The molecule has 2 N–H and O–H groups in total. The van der Waals surface area contributed by atoms with Crippen molar-refractivity contribution < 1.29 is 29.4 Å². The highest BCUT2D eigenvalue weighted by molar-refractivity contribution is 5.90. The maximum Gasteiger partial charge on any atom is 0.239 e. The van der Waals surface area contributed by atoms with Gasteiger partial charge in [-0.05, 0) is 18.3 Å². The Hall–Kier alpha value is -2.38. The summed E-state index contributed by atoms with van der Waals surface area (Å²) in [5, 5.41) is 25.7. The summed E-state index contributed by atoms with van der Waals surface area (Å²) in [6.45, 7) is -1.06. The number of carbonyl (C=O) groups excluding carboxylic acids is 4. The lowest BCUT2D eigenvalue weighted by Crippen LogP contribution is -2.47. The first-order valence-electron chi connectivity index (χ1n) is 6.53. The Morgan fingerprint density at radius 2 is 1.57 bits per heavy atom. The largest absolute Gasteiger partial charge is 0.550 e. The van der Waals surface area contributed by atoms with Gasteiger partial charge in [0, 0.05) is 11.9 Å². The number of nitrogens with one attached hydrogen (secondary N) is 2. The summed E-state index contributed by atoms with van der Waals surface area (Å²) in [6.07, 6.45) is 4.18. The fourth-order valence-electron chi connectivity index (χ4n) is 3.02. The molecule has 0 radical (unpaired) electrons. The Labute approximate surface area is 120 Å². The van der Waals surface area contributed by atoms with Gasteiger partial charge in [0.1, 0.15) is 0 Å². The van der Waals surface area contributed by atoms with Gasteiger partial charge in [0.05, 0.1) is 25.0 Å². The molecule has 8 heteroatoms. The van der Waals surface area contributed by atoms with E-state index < -0.39 is 48.7 Å². The minimum absolute atomic E-state index is 0.163. The molecule has 0 unspecified atom stereocenters. The third-order valence-electron chi connectivity index (χ3n) is 3.89. The van der Waals surface area contributed by atoms with Gasteiger partial charge in [-0.15, -0.1) is 0 Å². The van der Waals surface area contributed by atoms with Crippen LogP contribution in [-0.4, -0.2) is 36.8 Å². The zero-order chi connectivity index (χ0) is 15.6. The summed E-state index contributed by atoms with van der Waals surface area (Å²) in [5.74, 6) is -5.93. The van der Waals surface area contributed by atoms with Gasteiger partial charge in [0.2, 0.25) is 11.8 Å². The molecule has 0 aromatic carbocycles. The van der Waals surface area contributed by atoms with Gasteiger partial charge in [-0.1, -0.05) is 12.2 Å². The van der Waals surface area contributed by atoms with Crippen molar-refractivity contribution in [3.63, 3.8) is 0 Å². The van der Waals surface area contributed by atoms with Gasteiger partial charge >= 0.3 is 0 Å². The molecule has 114 valence electrons. The molecular weight excluding hydrogens is 280 g/mol. The summed E-state index contributed by atoms with van der Waals surface area (Å²) in [4.78, 5) is 44.6. The molecule has 2 aliphatic rings. The molecule has 0 aromatic rings. The van der Waals surface area contributed by atoms with E-state index in [-0.39, 0.29) is 11.8 Å². The minimum Gasteiger partial charge on any atom is -0.550 e. The number of carbonyl (C=O) groups is 4. The predicted octanol–water partition coefficient (Wildman–Crippen LogP) is -3.84.